The van der Waals surface area contributed by atoms with E-state index in [9.17, 15) is 4.79 Å². The molecule has 0 heterocycles. The summed E-state index contributed by atoms with van der Waals surface area (Å²) in [6, 6.07) is 0.360. The second-order valence-corrected chi connectivity index (χ2v) is 3.97. The van der Waals surface area contributed by atoms with Crippen LogP contribution in [0.3, 0.4) is 0 Å². The van der Waals surface area contributed by atoms with Crippen LogP contribution in [0, 0.1) is 5.92 Å². The molecule has 0 aromatic rings. The van der Waals surface area contributed by atoms with E-state index in [2.05, 4.69) is 27.7 Å². The molecule has 0 saturated carbocycles. The molecule has 0 aliphatic carbocycles. The quantitative estimate of drug-likeness (QED) is 0.689. The van der Waals surface area contributed by atoms with Crippen LogP contribution in [-0.2, 0) is 4.79 Å². The van der Waals surface area contributed by atoms with Crippen molar-refractivity contribution in [2.45, 2.75) is 40.2 Å². The van der Waals surface area contributed by atoms with Gasteiger partial charge in [0.25, 0.3) is 0 Å². The molecule has 0 fully saturated rings. The molecular formula is C10H21NO2. The molecule has 0 spiro atoms. The fraction of sp³-hybridized carbons (Fsp3) is 0.900. The van der Waals surface area contributed by atoms with Crippen molar-refractivity contribution >= 4 is 5.97 Å². The van der Waals surface area contributed by atoms with Gasteiger partial charge in [-0.05, 0) is 19.3 Å². The number of hydrogen-bond donors (Lipinski definition) is 1. The molecule has 0 amide bonds. The highest BCUT2D eigenvalue weighted by atomic mass is 16.4. The van der Waals surface area contributed by atoms with E-state index < -0.39 is 5.97 Å². The summed E-state index contributed by atoms with van der Waals surface area (Å²) < 4.78 is 0. The highest BCUT2D eigenvalue weighted by Gasteiger charge is 2.15. The highest BCUT2D eigenvalue weighted by molar-refractivity contribution is 5.69. The topological polar surface area (TPSA) is 40.5 Å². The summed E-state index contributed by atoms with van der Waals surface area (Å²) in [5.41, 5.74) is 0. The molecule has 0 aliphatic rings. The van der Waals surface area contributed by atoms with E-state index in [-0.39, 0.29) is 6.54 Å². The highest BCUT2D eigenvalue weighted by Crippen LogP contribution is 2.06. The van der Waals surface area contributed by atoms with Crippen molar-refractivity contribution in [3.05, 3.63) is 0 Å². The zero-order valence-corrected chi connectivity index (χ0v) is 9.08. The number of nitrogens with zero attached hydrogens (tertiary/aromatic N) is 1. The van der Waals surface area contributed by atoms with E-state index in [0.29, 0.717) is 12.0 Å². The van der Waals surface area contributed by atoms with Crippen LogP contribution in [0.15, 0.2) is 0 Å². The smallest absolute Gasteiger partial charge is 0.317 e. The van der Waals surface area contributed by atoms with Crippen molar-refractivity contribution in [1.82, 2.24) is 4.90 Å². The molecule has 0 bridgehead atoms. The Morgan fingerprint density at radius 2 is 1.92 bits per heavy atom. The Bertz CT molecular complexity index is 157. The Morgan fingerprint density at radius 1 is 1.38 bits per heavy atom. The lowest BCUT2D eigenvalue weighted by Crippen LogP contribution is -2.39. The van der Waals surface area contributed by atoms with Crippen molar-refractivity contribution in [3.8, 4) is 0 Å². The maximum Gasteiger partial charge on any atom is 0.317 e. The van der Waals surface area contributed by atoms with Gasteiger partial charge in [-0.15, -0.1) is 0 Å². The van der Waals surface area contributed by atoms with Gasteiger partial charge in [0.2, 0.25) is 0 Å². The summed E-state index contributed by atoms with van der Waals surface area (Å²) in [6.07, 6.45) is 1.00. The van der Waals surface area contributed by atoms with Gasteiger partial charge in [0.15, 0.2) is 0 Å². The molecule has 0 saturated heterocycles. The Labute approximate surface area is 80.7 Å². The maximum atomic E-state index is 10.6. The van der Waals surface area contributed by atoms with Crippen molar-refractivity contribution < 1.29 is 9.90 Å². The zero-order valence-electron chi connectivity index (χ0n) is 9.08. The minimum absolute atomic E-state index is 0.160. The van der Waals surface area contributed by atoms with E-state index in [1.807, 2.05) is 4.90 Å². The molecule has 1 N–H and O–H groups in total. The first-order valence-corrected chi connectivity index (χ1v) is 4.93. The van der Waals surface area contributed by atoms with Crippen molar-refractivity contribution in [2.24, 2.45) is 5.92 Å². The van der Waals surface area contributed by atoms with Crippen LogP contribution in [0.2, 0.25) is 0 Å². The molecule has 3 nitrogen and oxygen atoms in total. The average molecular weight is 187 g/mol. The van der Waals surface area contributed by atoms with Gasteiger partial charge in [0.1, 0.15) is 0 Å². The molecule has 0 aromatic carbocycles. The minimum atomic E-state index is -0.735. The van der Waals surface area contributed by atoms with Gasteiger partial charge in [-0.1, -0.05) is 20.8 Å². The third-order valence-electron chi connectivity index (χ3n) is 2.15. The first-order valence-electron chi connectivity index (χ1n) is 4.93. The van der Waals surface area contributed by atoms with Crippen LogP contribution >= 0.6 is 0 Å². The van der Waals surface area contributed by atoms with E-state index in [1.165, 1.54) is 0 Å². The molecule has 0 radical (unpaired) electrons. The Hall–Kier alpha value is -0.570. The summed E-state index contributed by atoms with van der Waals surface area (Å²) in [5.74, 6) is -0.214. The fourth-order valence-electron chi connectivity index (χ4n) is 1.30. The SMILES string of the molecule is CCC(C)N(CC(=O)O)CC(C)C. The van der Waals surface area contributed by atoms with Crippen molar-refractivity contribution in [2.75, 3.05) is 13.1 Å². The normalized spacial score (nSPS) is 13.7. The Balaban J connectivity index is 4.10. The van der Waals surface area contributed by atoms with Crippen LogP contribution in [0.5, 0.6) is 0 Å². The second kappa shape index (κ2) is 5.97. The molecule has 1 atom stereocenters. The first-order chi connectivity index (χ1) is 5.97. The second-order valence-electron chi connectivity index (χ2n) is 3.97. The summed E-state index contributed by atoms with van der Waals surface area (Å²) >= 11 is 0. The monoisotopic (exact) mass is 187 g/mol. The molecule has 78 valence electrons. The molecule has 13 heavy (non-hydrogen) atoms. The number of carbonyl (C=O) groups is 1. The fourth-order valence-corrected chi connectivity index (χ4v) is 1.30. The molecular weight excluding hydrogens is 166 g/mol. The molecule has 0 aliphatic heterocycles. The number of carboxylic acids is 1. The lowest BCUT2D eigenvalue weighted by atomic mass is 10.1. The number of aliphatic carboxylic acids is 1. The van der Waals surface area contributed by atoms with Gasteiger partial charge < -0.3 is 5.11 Å². The van der Waals surface area contributed by atoms with E-state index in [1.54, 1.807) is 0 Å². The average Bonchev–Trinajstić information content (AvgIpc) is 2.00. The van der Waals surface area contributed by atoms with Gasteiger partial charge in [0, 0.05) is 12.6 Å². The molecule has 1 unspecified atom stereocenters. The van der Waals surface area contributed by atoms with Gasteiger partial charge in [-0.2, -0.15) is 0 Å². The third-order valence-corrected chi connectivity index (χ3v) is 2.15. The maximum absolute atomic E-state index is 10.6. The predicted molar refractivity (Wildman–Crippen MR) is 53.8 cm³/mol. The lowest BCUT2D eigenvalue weighted by Gasteiger charge is -2.28. The van der Waals surface area contributed by atoms with E-state index >= 15 is 0 Å². The standard InChI is InChI=1S/C10H21NO2/c1-5-9(4)11(6-8(2)3)7-10(12)13/h8-9H,5-7H2,1-4H3,(H,12,13). The van der Waals surface area contributed by atoms with Gasteiger partial charge in [0.05, 0.1) is 6.54 Å². The van der Waals surface area contributed by atoms with Crippen LogP contribution in [0.25, 0.3) is 0 Å². The number of hydrogen-bond acceptors (Lipinski definition) is 2. The number of carboxylic acid groups (broad SMARTS) is 1. The predicted octanol–water partition coefficient (Wildman–Crippen LogP) is 1.83. The van der Waals surface area contributed by atoms with Crippen molar-refractivity contribution in [3.63, 3.8) is 0 Å². The van der Waals surface area contributed by atoms with Crippen LogP contribution in [-0.4, -0.2) is 35.1 Å². The zero-order chi connectivity index (χ0) is 10.4. The summed E-state index contributed by atoms with van der Waals surface area (Å²) in [6.45, 7) is 9.40. The molecule has 0 aromatic heterocycles. The summed E-state index contributed by atoms with van der Waals surface area (Å²) in [4.78, 5) is 12.6. The largest absolute Gasteiger partial charge is 0.480 e. The van der Waals surface area contributed by atoms with E-state index in [4.69, 9.17) is 5.11 Å². The van der Waals surface area contributed by atoms with Crippen LogP contribution in [0.4, 0.5) is 0 Å². The first kappa shape index (κ1) is 12.4. The summed E-state index contributed by atoms with van der Waals surface area (Å²) in [5, 5.41) is 8.70. The van der Waals surface area contributed by atoms with Gasteiger partial charge >= 0.3 is 5.97 Å². The minimum Gasteiger partial charge on any atom is -0.480 e. The van der Waals surface area contributed by atoms with Crippen LogP contribution < -0.4 is 0 Å². The molecule has 0 rings (SSSR count). The van der Waals surface area contributed by atoms with Gasteiger partial charge in [-0.25, -0.2) is 0 Å². The third kappa shape index (κ3) is 5.64. The Kier molecular flexibility index (Phi) is 5.71. The van der Waals surface area contributed by atoms with Crippen molar-refractivity contribution in [1.29, 1.82) is 0 Å². The van der Waals surface area contributed by atoms with Crippen LogP contribution in [0.1, 0.15) is 34.1 Å². The molecule has 3 heteroatoms. The summed E-state index contributed by atoms with van der Waals surface area (Å²) in [7, 11) is 0. The van der Waals surface area contributed by atoms with E-state index in [0.717, 1.165) is 13.0 Å². The van der Waals surface area contributed by atoms with Gasteiger partial charge in [-0.3, -0.25) is 9.69 Å². The number of rotatable bonds is 6. The lowest BCUT2D eigenvalue weighted by molar-refractivity contribution is -0.139. The Morgan fingerprint density at radius 3 is 2.23 bits per heavy atom.